The highest BCUT2D eigenvalue weighted by Gasteiger charge is 2.53. The predicted octanol–water partition coefficient (Wildman–Crippen LogP) is 4.91. The minimum atomic E-state index is -3.06. The molecule has 2 aliphatic rings. The van der Waals surface area contributed by atoms with Gasteiger partial charge in [0, 0.05) is 31.5 Å². The first kappa shape index (κ1) is 28.8. The maximum atomic E-state index is 14.8. The number of rotatable bonds is 8. The van der Waals surface area contributed by atoms with Crippen molar-refractivity contribution in [3.8, 4) is 5.75 Å². The minimum Gasteiger partial charge on any atom is -0.435 e. The third kappa shape index (κ3) is 5.99. The molecule has 2 aromatic heterocycles. The first-order chi connectivity index (χ1) is 19.5. The van der Waals surface area contributed by atoms with Crippen molar-refractivity contribution in [3.63, 3.8) is 0 Å². The smallest absolute Gasteiger partial charge is 0.387 e. The number of nitrogens with one attached hydrogen (secondary N) is 3. The number of nitrogens with zero attached hydrogens (tertiary/aromatic N) is 2. The van der Waals surface area contributed by atoms with Gasteiger partial charge in [0.05, 0.1) is 23.0 Å². The third-order valence-corrected chi connectivity index (χ3v) is 7.84. The Kier molecular flexibility index (Phi) is 7.91. The Balaban J connectivity index is 1.40. The normalized spacial score (nSPS) is 21.8. The lowest BCUT2D eigenvalue weighted by atomic mass is 9.67. The fourth-order valence-corrected chi connectivity index (χ4v) is 5.79. The molecule has 2 amide bonds. The average molecular weight is 580 g/mol. The van der Waals surface area contributed by atoms with Crippen LogP contribution in [0, 0.1) is 0 Å². The second kappa shape index (κ2) is 11.3. The van der Waals surface area contributed by atoms with Gasteiger partial charge in [0.2, 0.25) is 17.7 Å². The van der Waals surface area contributed by atoms with Gasteiger partial charge in [-0.2, -0.15) is 8.78 Å². The molecular formula is C28H30F5N5O3. The molecule has 1 aliphatic heterocycles. The number of aromatic amines is 1. The van der Waals surface area contributed by atoms with Gasteiger partial charge in [-0.1, -0.05) is 12.1 Å². The molecule has 1 aromatic carbocycles. The summed E-state index contributed by atoms with van der Waals surface area (Å²) in [6.07, 6.45) is -3.44. The summed E-state index contributed by atoms with van der Waals surface area (Å²) in [7, 11) is 1.80. The molecule has 3 aromatic rings. The monoisotopic (exact) mass is 579 g/mol. The Hall–Kier alpha value is -3.74. The van der Waals surface area contributed by atoms with Crippen LogP contribution in [0.25, 0.3) is 11.0 Å². The largest absolute Gasteiger partial charge is 0.435 e. The van der Waals surface area contributed by atoms with Gasteiger partial charge < -0.3 is 25.3 Å². The highest BCUT2D eigenvalue weighted by atomic mass is 19.3. The van der Waals surface area contributed by atoms with E-state index in [2.05, 4.69) is 25.3 Å². The molecule has 1 aliphatic carbocycles. The van der Waals surface area contributed by atoms with Crippen LogP contribution in [0.4, 0.5) is 27.8 Å². The summed E-state index contributed by atoms with van der Waals surface area (Å²) < 4.78 is 72.8. The van der Waals surface area contributed by atoms with Crippen LogP contribution in [0.1, 0.15) is 43.4 Å². The zero-order chi connectivity index (χ0) is 29.4. The van der Waals surface area contributed by atoms with E-state index in [1.165, 1.54) is 24.3 Å². The molecule has 3 N–H and O–H groups in total. The topological polar surface area (TPSA) is 99.4 Å². The molecule has 0 unspecified atom stereocenters. The van der Waals surface area contributed by atoms with Gasteiger partial charge in [0.25, 0.3) is 0 Å². The number of alkyl halides is 5. The molecule has 3 heterocycles. The van der Waals surface area contributed by atoms with Gasteiger partial charge >= 0.3 is 6.61 Å². The average Bonchev–Trinajstić information content (AvgIpc) is 3.51. The summed E-state index contributed by atoms with van der Waals surface area (Å²) in [6, 6.07) is 9.20. The van der Waals surface area contributed by atoms with Crippen LogP contribution in [-0.2, 0) is 21.5 Å². The summed E-state index contributed by atoms with van der Waals surface area (Å²) in [6.45, 7) is -2.85. The first-order valence-electron chi connectivity index (χ1n) is 13.3. The van der Waals surface area contributed by atoms with E-state index in [1.807, 2.05) is 6.07 Å². The van der Waals surface area contributed by atoms with Gasteiger partial charge in [-0.25, -0.2) is 18.2 Å². The molecular weight excluding hydrogens is 549 g/mol. The van der Waals surface area contributed by atoms with Crippen molar-refractivity contribution >= 4 is 28.7 Å². The lowest BCUT2D eigenvalue weighted by Crippen LogP contribution is -2.54. The number of benzene rings is 1. The standard InChI is InChI=1S/C28H30F5N5O3/c1-34-14-18-13-21-20(35-18)6-7-23(36-21)37-24(39)22-12-17(29)15-38(22)25(40)27(8-10-28(32,33)11-9-27)16-2-4-19(5-3-16)41-26(30)31/h2-7,13,17,22,26,34-35H,8-12,14-15H2,1H3,(H,36,37,39)/t17-,22-/m1/s1. The number of anilines is 1. The van der Waals surface area contributed by atoms with Crippen molar-refractivity contribution in [2.45, 2.75) is 68.8 Å². The molecule has 1 saturated heterocycles. The number of halogens is 5. The fraction of sp³-hybridized carbons (Fsp3) is 0.464. The zero-order valence-corrected chi connectivity index (χ0v) is 22.2. The molecule has 220 valence electrons. The first-order valence-corrected chi connectivity index (χ1v) is 13.3. The van der Waals surface area contributed by atoms with Gasteiger partial charge in [0.15, 0.2) is 0 Å². The van der Waals surface area contributed by atoms with E-state index in [-0.39, 0.29) is 37.4 Å². The molecule has 8 nitrogen and oxygen atoms in total. The maximum Gasteiger partial charge on any atom is 0.387 e. The Morgan fingerprint density at radius 2 is 1.83 bits per heavy atom. The maximum absolute atomic E-state index is 14.8. The highest BCUT2D eigenvalue weighted by molar-refractivity contribution is 5.99. The van der Waals surface area contributed by atoms with Gasteiger partial charge in [-0.3, -0.25) is 9.59 Å². The fourth-order valence-electron chi connectivity index (χ4n) is 5.79. The van der Waals surface area contributed by atoms with Crippen molar-refractivity contribution < 1.29 is 36.3 Å². The van der Waals surface area contributed by atoms with Crippen molar-refractivity contribution in [1.82, 2.24) is 20.2 Å². The quantitative estimate of drug-likeness (QED) is 0.330. The summed E-state index contributed by atoms with van der Waals surface area (Å²) in [4.78, 5) is 36.2. The number of amides is 2. The van der Waals surface area contributed by atoms with Gasteiger partial charge in [0.1, 0.15) is 23.8 Å². The Morgan fingerprint density at radius 1 is 1.12 bits per heavy atom. The van der Waals surface area contributed by atoms with Crippen molar-refractivity contribution in [1.29, 1.82) is 0 Å². The number of likely N-dealkylation sites (tertiary alicyclic amines) is 1. The van der Waals surface area contributed by atoms with E-state index in [1.54, 1.807) is 19.2 Å². The minimum absolute atomic E-state index is 0.153. The van der Waals surface area contributed by atoms with Crippen LogP contribution < -0.4 is 15.4 Å². The number of carbonyl (C=O) groups is 2. The molecule has 41 heavy (non-hydrogen) atoms. The lowest BCUT2D eigenvalue weighted by Gasteiger charge is -2.42. The van der Waals surface area contributed by atoms with E-state index >= 15 is 0 Å². The molecule has 5 rings (SSSR count). The molecule has 1 saturated carbocycles. The van der Waals surface area contributed by atoms with Crippen LogP contribution in [0.2, 0.25) is 0 Å². The number of pyridine rings is 1. The van der Waals surface area contributed by atoms with E-state index in [9.17, 15) is 31.5 Å². The SMILES string of the molecule is CNCc1cc2nc(NC(=O)[C@H]3C[C@@H](F)CN3C(=O)C3(c4ccc(OC(F)F)cc4)CCC(F)(F)CC3)ccc2[nH]1. The lowest BCUT2D eigenvalue weighted by molar-refractivity contribution is -0.146. The molecule has 0 spiro atoms. The van der Waals surface area contributed by atoms with Gasteiger partial charge in [-0.05, 0) is 55.8 Å². The van der Waals surface area contributed by atoms with Crippen molar-refractivity contribution in [2.75, 3.05) is 18.9 Å². The second-order valence-electron chi connectivity index (χ2n) is 10.6. The van der Waals surface area contributed by atoms with Crippen LogP contribution in [0.15, 0.2) is 42.5 Å². The third-order valence-electron chi connectivity index (χ3n) is 7.84. The number of fused-ring (bicyclic) bond motifs is 1. The van der Waals surface area contributed by atoms with Crippen LogP contribution in [0.5, 0.6) is 5.75 Å². The summed E-state index contributed by atoms with van der Waals surface area (Å²) in [5, 5.41) is 5.69. The molecule has 0 radical (unpaired) electrons. The molecule has 2 atom stereocenters. The van der Waals surface area contributed by atoms with Gasteiger partial charge in [-0.15, -0.1) is 0 Å². The van der Waals surface area contributed by atoms with E-state index in [4.69, 9.17) is 0 Å². The summed E-state index contributed by atoms with van der Waals surface area (Å²) in [5.41, 5.74) is 1.09. The van der Waals surface area contributed by atoms with E-state index < -0.39 is 54.8 Å². The van der Waals surface area contributed by atoms with Crippen molar-refractivity contribution in [3.05, 3.63) is 53.7 Å². The summed E-state index contributed by atoms with van der Waals surface area (Å²) >= 11 is 0. The zero-order valence-electron chi connectivity index (χ0n) is 22.2. The second-order valence-corrected chi connectivity index (χ2v) is 10.6. The highest BCUT2D eigenvalue weighted by Crippen LogP contribution is 2.47. The Bertz CT molecular complexity index is 1400. The molecule has 13 heteroatoms. The predicted molar refractivity (Wildman–Crippen MR) is 141 cm³/mol. The Labute approximate surface area is 232 Å². The number of ether oxygens (including phenoxy) is 1. The number of hydrogen-bond acceptors (Lipinski definition) is 5. The Morgan fingerprint density at radius 3 is 2.49 bits per heavy atom. The summed E-state index contributed by atoms with van der Waals surface area (Å²) in [5.74, 6) is -4.22. The van der Waals surface area contributed by atoms with Crippen LogP contribution in [-0.4, -0.2) is 65.0 Å². The number of hydrogen-bond donors (Lipinski definition) is 3. The molecule has 0 bridgehead atoms. The van der Waals surface area contributed by atoms with Crippen LogP contribution in [0.3, 0.4) is 0 Å². The number of H-pyrrole nitrogens is 1. The number of carbonyl (C=O) groups excluding carboxylic acids is 2. The van der Waals surface area contributed by atoms with E-state index in [0.717, 1.165) is 16.1 Å². The molecule has 2 fully saturated rings. The van der Waals surface area contributed by atoms with Crippen LogP contribution >= 0.6 is 0 Å². The van der Waals surface area contributed by atoms with E-state index in [0.29, 0.717) is 17.6 Å². The number of aromatic nitrogens is 2. The van der Waals surface area contributed by atoms with Crippen molar-refractivity contribution in [2.24, 2.45) is 0 Å².